The number of likely N-dealkylation sites (N-methyl/N-ethyl adjacent to an activating group) is 2. The van der Waals surface area contributed by atoms with Crippen molar-refractivity contribution in [1.29, 1.82) is 0 Å². The maximum atomic E-state index is 13.3. The van der Waals surface area contributed by atoms with E-state index in [2.05, 4.69) is 0 Å². The van der Waals surface area contributed by atoms with Gasteiger partial charge in [-0.15, -0.1) is 0 Å². The van der Waals surface area contributed by atoms with Gasteiger partial charge in [-0.05, 0) is 30.3 Å². The van der Waals surface area contributed by atoms with Crippen LogP contribution in [0.5, 0.6) is 0 Å². The van der Waals surface area contributed by atoms with E-state index in [1.807, 2.05) is 30.3 Å². The Hall–Kier alpha value is -2.73. The molecule has 0 saturated heterocycles. The first-order valence-corrected chi connectivity index (χ1v) is 7.91. The van der Waals surface area contributed by atoms with Gasteiger partial charge < -0.3 is 10.6 Å². The molecule has 132 valence electrons. The van der Waals surface area contributed by atoms with Gasteiger partial charge in [0.2, 0.25) is 11.8 Å². The molecule has 0 fully saturated rings. The van der Waals surface area contributed by atoms with Crippen LogP contribution >= 0.6 is 0 Å². The van der Waals surface area contributed by atoms with Crippen LogP contribution in [0, 0.1) is 5.82 Å². The molecule has 25 heavy (non-hydrogen) atoms. The smallest absolute Gasteiger partial charge is 0.237 e. The van der Waals surface area contributed by atoms with Gasteiger partial charge in [0.05, 0.1) is 19.1 Å². The Morgan fingerprint density at radius 2 is 1.52 bits per heavy atom. The standard InChI is InChI=1S/C19H22FN3O2/c1-22(12-17(21)24)13-18(25)23(2)19(14-6-4-3-5-7-14)15-8-10-16(20)11-9-15/h3-11,19H,12-13H2,1-2H3,(H2,21,24)/t19-/m0/s1. The minimum absolute atomic E-state index is 0.00608. The van der Waals surface area contributed by atoms with Crippen molar-refractivity contribution in [2.75, 3.05) is 27.2 Å². The first kappa shape index (κ1) is 18.6. The molecule has 1 atom stereocenters. The van der Waals surface area contributed by atoms with E-state index in [0.717, 1.165) is 11.1 Å². The first-order chi connectivity index (χ1) is 11.9. The summed E-state index contributed by atoms with van der Waals surface area (Å²) in [4.78, 5) is 26.8. The lowest BCUT2D eigenvalue weighted by atomic mass is 9.97. The van der Waals surface area contributed by atoms with Gasteiger partial charge in [-0.2, -0.15) is 0 Å². The molecule has 0 heterocycles. The highest BCUT2D eigenvalue weighted by Gasteiger charge is 2.24. The van der Waals surface area contributed by atoms with Crippen molar-refractivity contribution in [1.82, 2.24) is 9.80 Å². The summed E-state index contributed by atoms with van der Waals surface area (Å²) in [6.45, 7) is 0.0656. The van der Waals surface area contributed by atoms with Crippen LogP contribution in [0.25, 0.3) is 0 Å². The van der Waals surface area contributed by atoms with Crippen LogP contribution in [0.4, 0.5) is 4.39 Å². The molecule has 0 radical (unpaired) electrons. The molecule has 2 rings (SSSR count). The summed E-state index contributed by atoms with van der Waals surface area (Å²) in [7, 11) is 3.35. The average molecular weight is 343 g/mol. The van der Waals surface area contributed by atoms with E-state index in [1.54, 1.807) is 36.0 Å². The molecule has 5 nitrogen and oxygen atoms in total. The second-order valence-corrected chi connectivity index (χ2v) is 6.01. The Morgan fingerprint density at radius 3 is 2.08 bits per heavy atom. The molecule has 0 saturated carbocycles. The molecule has 0 unspecified atom stereocenters. The fourth-order valence-electron chi connectivity index (χ4n) is 2.73. The summed E-state index contributed by atoms with van der Waals surface area (Å²) in [6.07, 6.45) is 0. The highest BCUT2D eigenvalue weighted by atomic mass is 19.1. The van der Waals surface area contributed by atoms with Gasteiger partial charge in [0.15, 0.2) is 0 Å². The molecule has 2 aromatic rings. The summed E-state index contributed by atoms with van der Waals surface area (Å²) < 4.78 is 13.3. The van der Waals surface area contributed by atoms with Crippen LogP contribution in [-0.4, -0.2) is 48.8 Å². The van der Waals surface area contributed by atoms with E-state index >= 15 is 0 Å². The van der Waals surface area contributed by atoms with Gasteiger partial charge >= 0.3 is 0 Å². The summed E-state index contributed by atoms with van der Waals surface area (Å²) in [5.41, 5.74) is 6.89. The van der Waals surface area contributed by atoms with Crippen molar-refractivity contribution in [2.24, 2.45) is 5.73 Å². The topological polar surface area (TPSA) is 66.6 Å². The molecule has 0 aliphatic heterocycles. The average Bonchev–Trinajstić information content (AvgIpc) is 2.57. The van der Waals surface area contributed by atoms with Crippen LogP contribution in [0.15, 0.2) is 54.6 Å². The number of carbonyl (C=O) groups is 2. The van der Waals surface area contributed by atoms with Crippen molar-refractivity contribution in [2.45, 2.75) is 6.04 Å². The molecular formula is C19H22FN3O2. The number of nitrogens with zero attached hydrogens (tertiary/aromatic N) is 2. The lowest BCUT2D eigenvalue weighted by Crippen LogP contribution is -2.41. The fraction of sp³-hybridized carbons (Fsp3) is 0.263. The zero-order valence-electron chi connectivity index (χ0n) is 14.4. The zero-order chi connectivity index (χ0) is 18.4. The maximum Gasteiger partial charge on any atom is 0.237 e. The van der Waals surface area contributed by atoms with Crippen LogP contribution in [-0.2, 0) is 9.59 Å². The monoisotopic (exact) mass is 343 g/mol. The van der Waals surface area contributed by atoms with Crippen molar-refractivity contribution >= 4 is 11.8 Å². The summed E-state index contributed by atoms with van der Waals surface area (Å²) >= 11 is 0. The Balaban J connectivity index is 2.27. The first-order valence-electron chi connectivity index (χ1n) is 7.91. The molecule has 0 aliphatic carbocycles. The van der Waals surface area contributed by atoms with Crippen molar-refractivity contribution in [3.8, 4) is 0 Å². The Morgan fingerprint density at radius 1 is 0.960 bits per heavy atom. The van der Waals surface area contributed by atoms with Crippen molar-refractivity contribution in [3.05, 3.63) is 71.5 Å². The number of nitrogens with two attached hydrogens (primary N) is 1. The van der Waals surface area contributed by atoms with Crippen LogP contribution < -0.4 is 5.73 Å². The number of hydrogen-bond donors (Lipinski definition) is 1. The number of hydrogen-bond acceptors (Lipinski definition) is 3. The molecule has 0 bridgehead atoms. The van der Waals surface area contributed by atoms with Gasteiger partial charge in [-0.3, -0.25) is 14.5 Å². The number of primary amides is 1. The van der Waals surface area contributed by atoms with E-state index in [-0.39, 0.29) is 30.9 Å². The summed E-state index contributed by atoms with van der Waals surface area (Å²) in [6, 6.07) is 15.3. The highest BCUT2D eigenvalue weighted by Crippen LogP contribution is 2.27. The van der Waals surface area contributed by atoms with Gasteiger partial charge in [-0.25, -0.2) is 4.39 Å². The molecule has 0 aliphatic rings. The van der Waals surface area contributed by atoms with E-state index < -0.39 is 5.91 Å². The SMILES string of the molecule is CN(CC(N)=O)CC(=O)N(C)[C@@H](c1ccccc1)c1ccc(F)cc1. The van der Waals surface area contributed by atoms with E-state index in [4.69, 9.17) is 5.73 Å². The summed E-state index contributed by atoms with van der Waals surface area (Å²) in [5, 5.41) is 0. The van der Waals surface area contributed by atoms with Gasteiger partial charge in [0, 0.05) is 7.05 Å². The second-order valence-electron chi connectivity index (χ2n) is 6.01. The Kier molecular flexibility index (Phi) is 6.25. The van der Waals surface area contributed by atoms with E-state index in [1.165, 1.54) is 12.1 Å². The Labute approximate surface area is 146 Å². The molecule has 0 aromatic heterocycles. The molecule has 2 amide bonds. The lowest BCUT2D eigenvalue weighted by molar-refractivity contribution is -0.132. The third kappa shape index (κ3) is 5.12. The van der Waals surface area contributed by atoms with Gasteiger partial charge in [0.25, 0.3) is 0 Å². The van der Waals surface area contributed by atoms with E-state index in [0.29, 0.717) is 0 Å². The van der Waals surface area contributed by atoms with E-state index in [9.17, 15) is 14.0 Å². The van der Waals surface area contributed by atoms with Crippen molar-refractivity contribution < 1.29 is 14.0 Å². The summed E-state index contributed by atoms with van der Waals surface area (Å²) in [5.74, 6) is -0.983. The zero-order valence-corrected chi connectivity index (χ0v) is 14.4. The largest absolute Gasteiger partial charge is 0.369 e. The van der Waals surface area contributed by atoms with Gasteiger partial charge in [-0.1, -0.05) is 42.5 Å². The second kappa shape index (κ2) is 8.39. The van der Waals surface area contributed by atoms with Crippen LogP contribution in [0.3, 0.4) is 0 Å². The number of benzene rings is 2. The molecule has 6 heteroatoms. The predicted octanol–water partition coefficient (Wildman–Crippen LogP) is 1.79. The molecule has 0 spiro atoms. The number of amides is 2. The third-order valence-electron chi connectivity index (χ3n) is 3.91. The minimum atomic E-state index is -0.490. The predicted molar refractivity (Wildman–Crippen MR) is 94.1 cm³/mol. The minimum Gasteiger partial charge on any atom is -0.369 e. The van der Waals surface area contributed by atoms with Gasteiger partial charge in [0.1, 0.15) is 5.82 Å². The highest BCUT2D eigenvalue weighted by molar-refractivity contribution is 5.80. The molecule has 2 N–H and O–H groups in total. The number of rotatable bonds is 7. The maximum absolute atomic E-state index is 13.3. The lowest BCUT2D eigenvalue weighted by Gasteiger charge is -2.30. The number of halogens is 1. The van der Waals surface area contributed by atoms with Crippen molar-refractivity contribution in [3.63, 3.8) is 0 Å². The fourth-order valence-corrected chi connectivity index (χ4v) is 2.73. The van der Waals surface area contributed by atoms with Crippen LogP contribution in [0.1, 0.15) is 17.2 Å². The molecular weight excluding hydrogens is 321 g/mol. The normalized spacial score (nSPS) is 12.0. The molecule has 2 aromatic carbocycles. The third-order valence-corrected chi connectivity index (χ3v) is 3.91. The number of carbonyl (C=O) groups excluding carboxylic acids is 2. The Bertz CT molecular complexity index is 719. The quantitative estimate of drug-likeness (QED) is 0.833. The van der Waals surface area contributed by atoms with Crippen LogP contribution in [0.2, 0.25) is 0 Å².